The van der Waals surface area contributed by atoms with Gasteiger partial charge in [0.05, 0.1) is 0 Å². The lowest BCUT2D eigenvalue weighted by molar-refractivity contribution is 0.174. The Kier molecular flexibility index (Phi) is 5.24. The van der Waals surface area contributed by atoms with Gasteiger partial charge in [0.25, 0.3) is 0 Å². The Morgan fingerprint density at radius 3 is 2.78 bits per heavy atom. The maximum absolute atomic E-state index is 5.41. The molecule has 2 aliphatic rings. The quantitative estimate of drug-likeness (QED) is 0.779. The molecule has 2 N–H and O–H groups in total. The van der Waals surface area contributed by atoms with Crippen LogP contribution in [0.5, 0.6) is 11.5 Å². The van der Waals surface area contributed by atoms with E-state index in [-0.39, 0.29) is 6.79 Å². The normalized spacial score (nSPS) is 15.5. The monoisotopic (exact) mass is 385 g/mol. The molecule has 3 heterocycles. The van der Waals surface area contributed by atoms with E-state index in [9.17, 15) is 0 Å². The summed E-state index contributed by atoms with van der Waals surface area (Å²) in [5.41, 5.74) is 1.98. The van der Waals surface area contributed by atoms with E-state index < -0.39 is 0 Å². The van der Waals surface area contributed by atoms with Crippen LogP contribution < -0.4 is 25.0 Å². The number of rotatable bonds is 4. The van der Waals surface area contributed by atoms with Gasteiger partial charge in [-0.05, 0) is 56.1 Å². The molecule has 0 saturated carbocycles. The number of anilines is 2. The average Bonchev–Trinajstić information content (AvgIpc) is 3.14. The van der Waals surface area contributed by atoms with E-state index in [0.717, 1.165) is 41.7 Å². The molecule has 142 valence electrons. The van der Waals surface area contributed by atoms with Gasteiger partial charge in [0, 0.05) is 31.4 Å². The van der Waals surface area contributed by atoms with Crippen molar-refractivity contribution in [1.29, 1.82) is 0 Å². The zero-order chi connectivity index (χ0) is 18.6. The van der Waals surface area contributed by atoms with Crippen molar-refractivity contribution in [2.45, 2.75) is 32.7 Å². The summed E-state index contributed by atoms with van der Waals surface area (Å²) in [7, 11) is 0. The molecule has 1 fully saturated rings. The molecular formula is C19H23N5O2S. The number of hydrogen-bond donors (Lipinski definition) is 2. The van der Waals surface area contributed by atoms with Crippen molar-refractivity contribution in [1.82, 2.24) is 15.3 Å². The van der Waals surface area contributed by atoms with Crippen LogP contribution in [0.4, 0.5) is 11.8 Å². The standard InChI is InChI=1S/C19H23N5O2S/c1-13-9-17(24-7-3-2-4-8-24)22-18(21-13)23-19(27)20-11-14-5-6-15-16(10-14)26-12-25-15/h5-6,9-10H,2-4,7-8,11-12H2,1H3,(H2,20,21,22,23,27). The number of ether oxygens (including phenoxy) is 2. The Bertz CT molecular complexity index is 839. The Morgan fingerprint density at radius 2 is 1.93 bits per heavy atom. The number of benzene rings is 1. The molecule has 7 nitrogen and oxygen atoms in total. The lowest BCUT2D eigenvalue weighted by Crippen LogP contribution is -2.32. The molecule has 1 aromatic heterocycles. The van der Waals surface area contributed by atoms with Gasteiger partial charge >= 0.3 is 0 Å². The summed E-state index contributed by atoms with van der Waals surface area (Å²) in [6.07, 6.45) is 3.71. The van der Waals surface area contributed by atoms with Crippen molar-refractivity contribution in [3.63, 3.8) is 0 Å². The van der Waals surface area contributed by atoms with Crippen LogP contribution in [0.3, 0.4) is 0 Å². The molecule has 27 heavy (non-hydrogen) atoms. The second-order valence-corrected chi connectivity index (χ2v) is 7.14. The Labute approximate surface area is 164 Å². The molecule has 4 rings (SSSR count). The van der Waals surface area contributed by atoms with Gasteiger partial charge in [0.1, 0.15) is 5.82 Å². The van der Waals surface area contributed by atoms with Crippen molar-refractivity contribution >= 4 is 29.1 Å². The number of fused-ring (bicyclic) bond motifs is 1. The molecule has 0 amide bonds. The van der Waals surface area contributed by atoms with Gasteiger partial charge in [-0.1, -0.05) is 6.07 Å². The van der Waals surface area contributed by atoms with Gasteiger partial charge in [0.15, 0.2) is 16.6 Å². The van der Waals surface area contributed by atoms with Crippen molar-refractivity contribution in [2.24, 2.45) is 0 Å². The number of thiocarbonyl (C=S) groups is 1. The minimum Gasteiger partial charge on any atom is -0.454 e. The van der Waals surface area contributed by atoms with Gasteiger partial charge in [-0.2, -0.15) is 4.98 Å². The number of nitrogens with zero attached hydrogens (tertiary/aromatic N) is 3. The fraction of sp³-hybridized carbons (Fsp3) is 0.421. The highest BCUT2D eigenvalue weighted by Gasteiger charge is 2.15. The van der Waals surface area contributed by atoms with E-state index in [1.165, 1.54) is 19.3 Å². The van der Waals surface area contributed by atoms with Gasteiger partial charge < -0.3 is 25.0 Å². The van der Waals surface area contributed by atoms with Gasteiger partial charge in [-0.15, -0.1) is 0 Å². The van der Waals surface area contributed by atoms with Crippen molar-refractivity contribution in [3.05, 3.63) is 35.5 Å². The lowest BCUT2D eigenvalue weighted by Gasteiger charge is -2.28. The van der Waals surface area contributed by atoms with Crippen LogP contribution in [-0.4, -0.2) is 35.0 Å². The predicted molar refractivity (Wildman–Crippen MR) is 108 cm³/mol. The number of nitrogens with one attached hydrogen (secondary N) is 2. The molecule has 0 unspecified atom stereocenters. The molecule has 0 aliphatic carbocycles. The molecule has 8 heteroatoms. The highest BCUT2D eigenvalue weighted by Crippen LogP contribution is 2.32. The van der Waals surface area contributed by atoms with Crippen LogP contribution in [0.1, 0.15) is 30.5 Å². The zero-order valence-electron chi connectivity index (χ0n) is 15.3. The second-order valence-electron chi connectivity index (χ2n) is 6.73. The third kappa shape index (κ3) is 4.39. The predicted octanol–water partition coefficient (Wildman–Crippen LogP) is 2.99. The maximum atomic E-state index is 5.41. The lowest BCUT2D eigenvalue weighted by atomic mass is 10.1. The maximum Gasteiger partial charge on any atom is 0.231 e. The van der Waals surface area contributed by atoms with Crippen molar-refractivity contribution < 1.29 is 9.47 Å². The minimum absolute atomic E-state index is 0.274. The molecule has 1 saturated heterocycles. The second kappa shape index (κ2) is 7.96. The van der Waals surface area contributed by atoms with Crippen LogP contribution >= 0.6 is 12.2 Å². The first kappa shape index (κ1) is 17.8. The summed E-state index contributed by atoms with van der Waals surface area (Å²) in [6.45, 7) is 4.91. The first-order chi connectivity index (χ1) is 13.2. The first-order valence-corrected chi connectivity index (χ1v) is 9.62. The van der Waals surface area contributed by atoms with Crippen LogP contribution in [0, 0.1) is 6.92 Å². The molecule has 0 radical (unpaired) electrons. The molecule has 0 bridgehead atoms. The average molecular weight is 385 g/mol. The summed E-state index contributed by atoms with van der Waals surface area (Å²) in [5, 5.41) is 6.78. The van der Waals surface area contributed by atoms with E-state index in [0.29, 0.717) is 17.6 Å². The Balaban J connectivity index is 1.37. The summed E-state index contributed by atoms with van der Waals surface area (Å²) < 4.78 is 10.7. The number of aryl methyl sites for hydroxylation is 1. The largest absolute Gasteiger partial charge is 0.454 e. The number of piperidine rings is 1. The third-order valence-corrected chi connectivity index (χ3v) is 4.88. The minimum atomic E-state index is 0.274. The molecule has 1 aromatic carbocycles. The van der Waals surface area contributed by atoms with Gasteiger partial charge in [0.2, 0.25) is 12.7 Å². The summed E-state index contributed by atoms with van der Waals surface area (Å²) in [4.78, 5) is 11.4. The topological polar surface area (TPSA) is 71.5 Å². The Hall–Kier alpha value is -2.61. The summed E-state index contributed by atoms with van der Waals surface area (Å²) in [6, 6.07) is 7.88. The highest BCUT2D eigenvalue weighted by molar-refractivity contribution is 7.80. The van der Waals surface area contributed by atoms with E-state index in [1.807, 2.05) is 31.2 Å². The summed E-state index contributed by atoms with van der Waals surface area (Å²) in [5.74, 6) is 3.03. The van der Waals surface area contributed by atoms with Crippen LogP contribution in [0.15, 0.2) is 24.3 Å². The van der Waals surface area contributed by atoms with Crippen molar-refractivity contribution in [2.75, 3.05) is 30.1 Å². The van der Waals surface area contributed by atoms with Gasteiger partial charge in [-0.3, -0.25) is 0 Å². The van der Waals surface area contributed by atoms with E-state index in [1.54, 1.807) is 0 Å². The highest BCUT2D eigenvalue weighted by atomic mass is 32.1. The van der Waals surface area contributed by atoms with Crippen LogP contribution in [0.25, 0.3) is 0 Å². The summed E-state index contributed by atoms with van der Waals surface area (Å²) >= 11 is 5.41. The number of hydrogen-bond acceptors (Lipinski definition) is 6. The number of aromatic nitrogens is 2. The fourth-order valence-corrected chi connectivity index (χ4v) is 3.44. The van der Waals surface area contributed by atoms with Crippen LogP contribution in [0.2, 0.25) is 0 Å². The molecule has 2 aliphatic heterocycles. The molecule has 2 aromatic rings. The van der Waals surface area contributed by atoms with Crippen LogP contribution in [-0.2, 0) is 6.54 Å². The third-order valence-electron chi connectivity index (χ3n) is 4.64. The van der Waals surface area contributed by atoms with E-state index >= 15 is 0 Å². The molecule has 0 spiro atoms. The van der Waals surface area contributed by atoms with E-state index in [4.69, 9.17) is 21.7 Å². The molecular weight excluding hydrogens is 362 g/mol. The van der Waals surface area contributed by atoms with Crippen molar-refractivity contribution in [3.8, 4) is 11.5 Å². The van der Waals surface area contributed by atoms with E-state index in [2.05, 4.69) is 25.5 Å². The SMILES string of the molecule is Cc1cc(N2CCCCC2)nc(NC(=S)NCc2ccc3c(c2)OCO3)n1. The Morgan fingerprint density at radius 1 is 1.11 bits per heavy atom. The smallest absolute Gasteiger partial charge is 0.231 e. The zero-order valence-corrected chi connectivity index (χ0v) is 16.1. The molecule has 0 atom stereocenters. The van der Waals surface area contributed by atoms with Gasteiger partial charge in [-0.25, -0.2) is 4.98 Å². The fourth-order valence-electron chi connectivity index (χ4n) is 3.27. The first-order valence-electron chi connectivity index (χ1n) is 9.21.